The Balaban J connectivity index is 1.99. The average Bonchev–Trinajstić information content (AvgIpc) is 2.86. The molecule has 0 bridgehead atoms. The van der Waals surface area contributed by atoms with Crippen molar-refractivity contribution in [2.24, 2.45) is 5.73 Å². The second-order valence-corrected chi connectivity index (χ2v) is 4.65. The van der Waals surface area contributed by atoms with E-state index in [0.29, 0.717) is 0 Å². The van der Waals surface area contributed by atoms with E-state index in [9.17, 15) is 0 Å². The lowest BCUT2D eigenvalue weighted by Gasteiger charge is -2.13. The normalized spacial score (nSPS) is 12.4. The summed E-state index contributed by atoms with van der Waals surface area (Å²) in [6, 6.07) is 8.12. The second-order valence-electron chi connectivity index (χ2n) is 4.65. The van der Waals surface area contributed by atoms with Crippen LogP contribution in [0.4, 0.5) is 0 Å². The predicted molar refractivity (Wildman–Crippen MR) is 76.3 cm³/mol. The van der Waals surface area contributed by atoms with Gasteiger partial charge < -0.3 is 15.0 Å². The van der Waals surface area contributed by atoms with Gasteiger partial charge in [0.15, 0.2) is 0 Å². The first-order valence-corrected chi connectivity index (χ1v) is 6.61. The first kappa shape index (κ1) is 13.6. The number of methoxy groups -OCH3 is 1. The molecule has 2 N–H and O–H groups in total. The number of hydrogen-bond donors (Lipinski definition) is 1. The van der Waals surface area contributed by atoms with Crippen molar-refractivity contribution in [1.82, 2.24) is 9.55 Å². The highest BCUT2D eigenvalue weighted by Gasteiger charge is 2.10. The third kappa shape index (κ3) is 3.58. The molecule has 4 heteroatoms. The molecule has 2 aromatic rings. The fourth-order valence-corrected chi connectivity index (χ4v) is 2.23. The summed E-state index contributed by atoms with van der Waals surface area (Å²) >= 11 is 0. The highest BCUT2D eigenvalue weighted by Crippen LogP contribution is 2.14. The number of aryl methyl sites for hydroxylation is 1. The Bertz CT molecular complexity index is 522. The van der Waals surface area contributed by atoms with Gasteiger partial charge in [0.2, 0.25) is 0 Å². The van der Waals surface area contributed by atoms with E-state index in [1.807, 2.05) is 30.6 Å². The number of rotatable bonds is 6. The highest BCUT2D eigenvalue weighted by atomic mass is 16.5. The van der Waals surface area contributed by atoms with Gasteiger partial charge in [-0.15, -0.1) is 0 Å². The monoisotopic (exact) mass is 259 g/mol. The zero-order valence-electron chi connectivity index (χ0n) is 11.5. The third-order valence-electron chi connectivity index (χ3n) is 3.22. The molecule has 1 atom stereocenters. The van der Waals surface area contributed by atoms with Gasteiger partial charge in [0.1, 0.15) is 11.6 Å². The Labute approximate surface area is 114 Å². The van der Waals surface area contributed by atoms with Crippen LogP contribution in [0.25, 0.3) is 0 Å². The minimum atomic E-state index is 0.0693. The predicted octanol–water partition coefficient (Wildman–Crippen LogP) is 2.02. The smallest absolute Gasteiger partial charge is 0.119 e. The van der Waals surface area contributed by atoms with Crippen LogP contribution in [0.3, 0.4) is 0 Å². The van der Waals surface area contributed by atoms with Crippen LogP contribution in [0.15, 0.2) is 36.7 Å². The fraction of sp³-hybridized carbons (Fsp3) is 0.400. The molecule has 0 aliphatic rings. The van der Waals surface area contributed by atoms with Crippen LogP contribution in [-0.4, -0.2) is 22.7 Å². The Kier molecular flexibility index (Phi) is 4.58. The quantitative estimate of drug-likeness (QED) is 0.863. The van der Waals surface area contributed by atoms with Crippen LogP contribution < -0.4 is 10.5 Å². The van der Waals surface area contributed by atoms with Crippen molar-refractivity contribution < 1.29 is 4.74 Å². The van der Waals surface area contributed by atoms with E-state index in [0.717, 1.165) is 31.0 Å². The van der Waals surface area contributed by atoms with Gasteiger partial charge in [-0.1, -0.05) is 12.1 Å². The molecule has 0 saturated carbocycles. The van der Waals surface area contributed by atoms with Gasteiger partial charge >= 0.3 is 0 Å². The van der Waals surface area contributed by atoms with Crippen molar-refractivity contribution in [1.29, 1.82) is 0 Å². The number of ether oxygens (including phenoxy) is 1. The number of aromatic nitrogens is 2. The first-order chi connectivity index (χ1) is 9.22. The molecule has 0 fully saturated rings. The van der Waals surface area contributed by atoms with Gasteiger partial charge in [-0.05, 0) is 31.0 Å². The summed E-state index contributed by atoms with van der Waals surface area (Å²) in [7, 11) is 1.68. The van der Waals surface area contributed by atoms with Crippen molar-refractivity contribution in [3.05, 3.63) is 48.0 Å². The maximum absolute atomic E-state index is 6.22. The minimum absolute atomic E-state index is 0.0693. The summed E-state index contributed by atoms with van der Waals surface area (Å²) in [5.74, 6) is 1.93. The molecule has 0 radical (unpaired) electrons. The number of benzene rings is 1. The van der Waals surface area contributed by atoms with Crippen LogP contribution in [0.2, 0.25) is 0 Å². The van der Waals surface area contributed by atoms with Crippen LogP contribution in [-0.2, 0) is 19.4 Å². The molecule has 2 rings (SSSR count). The Morgan fingerprint density at radius 3 is 2.95 bits per heavy atom. The number of nitrogens with zero attached hydrogens (tertiary/aromatic N) is 2. The summed E-state index contributed by atoms with van der Waals surface area (Å²) in [6.45, 7) is 3.04. The Morgan fingerprint density at radius 2 is 2.21 bits per heavy atom. The topological polar surface area (TPSA) is 53.1 Å². The molecule has 102 valence electrons. The van der Waals surface area contributed by atoms with Crippen molar-refractivity contribution >= 4 is 0 Å². The highest BCUT2D eigenvalue weighted by molar-refractivity contribution is 5.29. The van der Waals surface area contributed by atoms with Crippen LogP contribution in [0, 0.1) is 0 Å². The van der Waals surface area contributed by atoms with Crippen molar-refractivity contribution in [3.63, 3.8) is 0 Å². The van der Waals surface area contributed by atoms with Crippen molar-refractivity contribution in [2.45, 2.75) is 32.4 Å². The van der Waals surface area contributed by atoms with Gasteiger partial charge in [0, 0.05) is 31.4 Å². The summed E-state index contributed by atoms with van der Waals surface area (Å²) in [5.41, 5.74) is 7.41. The molecule has 0 saturated heterocycles. The molecule has 19 heavy (non-hydrogen) atoms. The molecule has 0 amide bonds. The molecular formula is C15H21N3O. The molecule has 1 heterocycles. The molecular weight excluding hydrogens is 238 g/mol. The lowest BCUT2D eigenvalue weighted by atomic mass is 10.0. The lowest BCUT2D eigenvalue weighted by molar-refractivity contribution is 0.414. The molecule has 0 spiro atoms. The van der Waals surface area contributed by atoms with Gasteiger partial charge in [-0.25, -0.2) is 4.98 Å². The zero-order chi connectivity index (χ0) is 13.7. The van der Waals surface area contributed by atoms with E-state index >= 15 is 0 Å². The molecule has 1 aromatic heterocycles. The number of hydrogen-bond acceptors (Lipinski definition) is 3. The van der Waals surface area contributed by atoms with E-state index in [-0.39, 0.29) is 6.04 Å². The van der Waals surface area contributed by atoms with Gasteiger partial charge in [0.25, 0.3) is 0 Å². The third-order valence-corrected chi connectivity index (χ3v) is 3.22. The molecule has 4 nitrogen and oxygen atoms in total. The maximum Gasteiger partial charge on any atom is 0.119 e. The first-order valence-electron chi connectivity index (χ1n) is 6.61. The molecule has 1 aromatic carbocycles. The molecule has 0 aliphatic heterocycles. The van der Waals surface area contributed by atoms with E-state index in [4.69, 9.17) is 10.5 Å². The fourth-order valence-electron chi connectivity index (χ4n) is 2.23. The lowest BCUT2D eigenvalue weighted by Crippen LogP contribution is -2.27. The van der Waals surface area contributed by atoms with Crippen molar-refractivity contribution in [3.8, 4) is 5.75 Å². The Hall–Kier alpha value is -1.81. The summed E-state index contributed by atoms with van der Waals surface area (Å²) in [6.07, 6.45) is 5.44. The van der Waals surface area contributed by atoms with Gasteiger partial charge in [0.05, 0.1) is 7.11 Å². The van der Waals surface area contributed by atoms with Crippen LogP contribution in [0.1, 0.15) is 18.3 Å². The van der Waals surface area contributed by atoms with E-state index in [1.54, 1.807) is 7.11 Å². The van der Waals surface area contributed by atoms with Crippen LogP contribution >= 0.6 is 0 Å². The number of imidazole rings is 1. The van der Waals surface area contributed by atoms with Crippen molar-refractivity contribution in [2.75, 3.05) is 7.11 Å². The standard InChI is InChI=1S/C15H21N3O/c1-3-18-8-7-17-15(18)11-13(16)9-12-5-4-6-14(10-12)19-2/h4-8,10,13H,3,9,11,16H2,1-2H3. The minimum Gasteiger partial charge on any atom is -0.497 e. The average molecular weight is 259 g/mol. The van der Waals surface area contributed by atoms with E-state index in [2.05, 4.69) is 22.5 Å². The second kappa shape index (κ2) is 6.38. The molecule has 0 aliphatic carbocycles. The maximum atomic E-state index is 6.22. The summed E-state index contributed by atoms with van der Waals surface area (Å²) < 4.78 is 7.35. The van der Waals surface area contributed by atoms with E-state index in [1.165, 1.54) is 5.56 Å². The zero-order valence-corrected chi connectivity index (χ0v) is 11.5. The largest absolute Gasteiger partial charge is 0.497 e. The number of nitrogens with two attached hydrogens (primary N) is 1. The van der Waals surface area contributed by atoms with Crippen LogP contribution in [0.5, 0.6) is 5.75 Å². The van der Waals surface area contributed by atoms with Gasteiger partial charge in [-0.3, -0.25) is 0 Å². The summed E-state index contributed by atoms with van der Waals surface area (Å²) in [4.78, 5) is 4.36. The SMILES string of the molecule is CCn1ccnc1CC(N)Cc1cccc(OC)c1. The molecule has 1 unspecified atom stereocenters. The van der Waals surface area contributed by atoms with Gasteiger partial charge in [-0.2, -0.15) is 0 Å². The summed E-state index contributed by atoms with van der Waals surface area (Å²) in [5, 5.41) is 0. The Morgan fingerprint density at radius 1 is 1.37 bits per heavy atom. The van der Waals surface area contributed by atoms with E-state index < -0.39 is 0 Å².